The zero-order valence-corrected chi connectivity index (χ0v) is 5.86. The zero-order valence-electron chi connectivity index (χ0n) is 5.86. The molecule has 1 rings (SSSR count). The van der Waals surface area contributed by atoms with Crippen molar-refractivity contribution < 1.29 is 0 Å². The summed E-state index contributed by atoms with van der Waals surface area (Å²) in [5.41, 5.74) is 6.47. The first-order valence-electron chi connectivity index (χ1n) is 3.11. The van der Waals surface area contributed by atoms with Crippen molar-refractivity contribution in [3.8, 4) is 6.07 Å². The molecular weight excluding hydrogens is 138 g/mol. The fourth-order valence-electron chi connectivity index (χ4n) is 0.730. The average molecular weight is 145 g/mol. The first-order chi connectivity index (χ1) is 5.38. The van der Waals surface area contributed by atoms with Crippen LogP contribution in [0.4, 0.5) is 0 Å². The molecule has 1 aromatic rings. The second kappa shape index (κ2) is 3.37. The van der Waals surface area contributed by atoms with E-state index in [0.29, 0.717) is 5.57 Å². The largest absolute Gasteiger partial charge is 0.404 e. The van der Waals surface area contributed by atoms with Crippen LogP contribution in [0.25, 0.3) is 5.57 Å². The van der Waals surface area contributed by atoms with Crippen molar-refractivity contribution in [2.24, 2.45) is 5.73 Å². The number of nitrogens with two attached hydrogens (primary N) is 1. The van der Waals surface area contributed by atoms with Crippen LogP contribution in [0.2, 0.25) is 0 Å². The van der Waals surface area contributed by atoms with Crippen LogP contribution in [-0.4, -0.2) is 4.98 Å². The highest BCUT2D eigenvalue weighted by Gasteiger charge is 1.95. The lowest BCUT2D eigenvalue weighted by molar-refractivity contribution is 1.31. The SMILES string of the molecule is N#CC(=CN)c1ccncc1. The molecule has 0 unspecified atom stereocenters. The Morgan fingerprint density at radius 3 is 2.64 bits per heavy atom. The molecule has 1 aromatic heterocycles. The van der Waals surface area contributed by atoms with Crippen molar-refractivity contribution in [1.82, 2.24) is 4.98 Å². The van der Waals surface area contributed by atoms with Crippen molar-refractivity contribution in [2.75, 3.05) is 0 Å². The summed E-state index contributed by atoms with van der Waals surface area (Å²) in [6.45, 7) is 0. The Morgan fingerprint density at radius 1 is 1.55 bits per heavy atom. The van der Waals surface area contributed by atoms with Crippen molar-refractivity contribution >= 4 is 5.57 Å². The average Bonchev–Trinajstić information content (AvgIpc) is 2.09. The number of aromatic nitrogens is 1. The molecule has 1 heterocycles. The molecule has 0 saturated carbocycles. The minimum atomic E-state index is 0.465. The van der Waals surface area contributed by atoms with Crippen LogP contribution in [0.5, 0.6) is 0 Å². The van der Waals surface area contributed by atoms with Crippen LogP contribution in [0, 0.1) is 11.3 Å². The number of pyridine rings is 1. The van der Waals surface area contributed by atoms with E-state index in [1.54, 1.807) is 24.5 Å². The molecule has 0 aliphatic rings. The van der Waals surface area contributed by atoms with Gasteiger partial charge < -0.3 is 5.73 Å². The fraction of sp³-hybridized carbons (Fsp3) is 0. The lowest BCUT2D eigenvalue weighted by Gasteiger charge is -1.93. The lowest BCUT2D eigenvalue weighted by atomic mass is 10.1. The highest BCUT2D eigenvalue weighted by molar-refractivity contribution is 5.75. The summed E-state index contributed by atoms with van der Waals surface area (Å²) in [5, 5.41) is 8.56. The number of allylic oxidation sites excluding steroid dienone is 1. The molecule has 0 radical (unpaired) electrons. The molecule has 3 heteroatoms. The molecule has 0 spiro atoms. The van der Waals surface area contributed by atoms with Gasteiger partial charge >= 0.3 is 0 Å². The van der Waals surface area contributed by atoms with Crippen molar-refractivity contribution in [1.29, 1.82) is 5.26 Å². The third-order valence-electron chi connectivity index (χ3n) is 1.28. The summed E-state index contributed by atoms with van der Waals surface area (Å²) in [7, 11) is 0. The summed E-state index contributed by atoms with van der Waals surface area (Å²) >= 11 is 0. The first-order valence-corrected chi connectivity index (χ1v) is 3.11. The highest BCUT2D eigenvalue weighted by atomic mass is 14.6. The summed E-state index contributed by atoms with van der Waals surface area (Å²) in [4.78, 5) is 3.82. The third-order valence-corrected chi connectivity index (χ3v) is 1.28. The van der Waals surface area contributed by atoms with Crippen molar-refractivity contribution in [3.63, 3.8) is 0 Å². The van der Waals surface area contributed by atoms with E-state index in [1.807, 2.05) is 6.07 Å². The normalized spacial score (nSPS) is 10.6. The molecule has 0 amide bonds. The van der Waals surface area contributed by atoms with Gasteiger partial charge in [-0.3, -0.25) is 4.98 Å². The molecule has 0 fully saturated rings. The third kappa shape index (κ3) is 1.55. The van der Waals surface area contributed by atoms with Gasteiger partial charge in [0.15, 0.2) is 0 Å². The van der Waals surface area contributed by atoms with Gasteiger partial charge in [0, 0.05) is 18.6 Å². The van der Waals surface area contributed by atoms with Crippen LogP contribution >= 0.6 is 0 Å². The van der Waals surface area contributed by atoms with Crippen LogP contribution < -0.4 is 5.73 Å². The van der Waals surface area contributed by atoms with Gasteiger partial charge in [-0.25, -0.2) is 0 Å². The molecule has 0 aliphatic heterocycles. The van der Waals surface area contributed by atoms with E-state index >= 15 is 0 Å². The molecule has 3 nitrogen and oxygen atoms in total. The van der Waals surface area contributed by atoms with E-state index in [2.05, 4.69) is 4.98 Å². The molecule has 0 bridgehead atoms. The molecule has 11 heavy (non-hydrogen) atoms. The van der Waals surface area contributed by atoms with Crippen molar-refractivity contribution in [2.45, 2.75) is 0 Å². The van der Waals surface area contributed by atoms with E-state index in [1.165, 1.54) is 6.20 Å². The minimum Gasteiger partial charge on any atom is -0.404 e. The number of nitrogens with zero attached hydrogens (tertiary/aromatic N) is 2. The summed E-state index contributed by atoms with van der Waals surface area (Å²) in [6.07, 6.45) is 4.53. The topological polar surface area (TPSA) is 62.7 Å². The van der Waals surface area contributed by atoms with Gasteiger partial charge in [-0.1, -0.05) is 0 Å². The van der Waals surface area contributed by atoms with E-state index in [4.69, 9.17) is 11.0 Å². The molecule has 0 atom stereocenters. The summed E-state index contributed by atoms with van der Waals surface area (Å²) in [6, 6.07) is 5.45. The predicted octanol–water partition coefficient (Wildman–Crippen LogP) is 0.905. The number of hydrogen-bond donors (Lipinski definition) is 1. The van der Waals surface area contributed by atoms with Gasteiger partial charge in [0.1, 0.15) is 6.07 Å². The second-order valence-electron chi connectivity index (χ2n) is 1.93. The molecule has 2 N–H and O–H groups in total. The molecule has 0 aliphatic carbocycles. The Labute approximate surface area is 64.8 Å². The number of nitriles is 1. The smallest absolute Gasteiger partial charge is 0.101 e. The monoisotopic (exact) mass is 145 g/mol. The van der Waals surface area contributed by atoms with E-state index in [0.717, 1.165) is 5.56 Å². The maximum atomic E-state index is 8.56. The van der Waals surface area contributed by atoms with Gasteiger partial charge in [0.25, 0.3) is 0 Å². The Balaban J connectivity index is 3.05. The Bertz CT molecular complexity index is 295. The molecule has 0 aromatic carbocycles. The van der Waals surface area contributed by atoms with Gasteiger partial charge in [-0.15, -0.1) is 0 Å². The number of rotatable bonds is 1. The van der Waals surface area contributed by atoms with Crippen molar-refractivity contribution in [3.05, 3.63) is 36.3 Å². The summed E-state index contributed by atoms with van der Waals surface area (Å²) < 4.78 is 0. The molecular formula is C8H7N3. The maximum absolute atomic E-state index is 8.56. The highest BCUT2D eigenvalue weighted by Crippen LogP contribution is 2.09. The van der Waals surface area contributed by atoms with Gasteiger partial charge in [0.05, 0.1) is 5.57 Å². The van der Waals surface area contributed by atoms with E-state index in [9.17, 15) is 0 Å². The second-order valence-corrected chi connectivity index (χ2v) is 1.93. The maximum Gasteiger partial charge on any atom is 0.101 e. The standard InChI is InChI=1S/C8H7N3/c9-5-8(6-10)7-1-3-11-4-2-7/h1-5H,9H2. The predicted molar refractivity (Wildman–Crippen MR) is 42.0 cm³/mol. The Hall–Kier alpha value is -1.82. The first kappa shape index (κ1) is 7.29. The van der Waals surface area contributed by atoms with Crippen LogP contribution in [0.3, 0.4) is 0 Å². The van der Waals surface area contributed by atoms with Crippen LogP contribution in [0.1, 0.15) is 5.56 Å². The fourth-order valence-corrected chi connectivity index (χ4v) is 0.730. The minimum absolute atomic E-state index is 0.465. The number of hydrogen-bond acceptors (Lipinski definition) is 3. The van der Waals surface area contributed by atoms with E-state index in [-0.39, 0.29) is 0 Å². The van der Waals surface area contributed by atoms with Gasteiger partial charge in [-0.05, 0) is 17.7 Å². The van der Waals surface area contributed by atoms with Gasteiger partial charge in [0.2, 0.25) is 0 Å². The van der Waals surface area contributed by atoms with E-state index < -0.39 is 0 Å². The van der Waals surface area contributed by atoms with Gasteiger partial charge in [-0.2, -0.15) is 5.26 Å². The summed E-state index contributed by atoms with van der Waals surface area (Å²) in [5.74, 6) is 0. The Kier molecular flexibility index (Phi) is 2.24. The van der Waals surface area contributed by atoms with Crippen LogP contribution in [0.15, 0.2) is 30.7 Å². The molecule has 0 saturated heterocycles. The lowest BCUT2D eigenvalue weighted by Crippen LogP contribution is -1.86. The molecule has 54 valence electrons. The quantitative estimate of drug-likeness (QED) is 0.597. The zero-order chi connectivity index (χ0) is 8.10. The van der Waals surface area contributed by atoms with Crippen LogP contribution in [-0.2, 0) is 0 Å². The Morgan fingerprint density at radius 2 is 2.18 bits per heavy atom.